The molecule has 1 aliphatic rings. The van der Waals surface area contributed by atoms with Gasteiger partial charge in [-0.1, -0.05) is 26.0 Å². The predicted molar refractivity (Wildman–Crippen MR) is 84.9 cm³/mol. The molecule has 0 spiro atoms. The minimum Gasteiger partial charge on any atom is -0.316 e. The van der Waals surface area contributed by atoms with Crippen LogP contribution in [0.15, 0.2) is 36.5 Å². The van der Waals surface area contributed by atoms with Crippen LogP contribution in [0.4, 0.5) is 0 Å². The summed E-state index contributed by atoms with van der Waals surface area (Å²) >= 11 is 0. The SMILES string of the molecule is CC(C)CC1CNCCC1c1ccc2ncccc2c1. The minimum atomic E-state index is 0.697. The summed E-state index contributed by atoms with van der Waals surface area (Å²) in [4.78, 5) is 4.42. The largest absolute Gasteiger partial charge is 0.316 e. The van der Waals surface area contributed by atoms with Crippen molar-refractivity contribution in [2.45, 2.75) is 32.6 Å². The Bertz CT molecular complexity index is 576. The number of rotatable bonds is 3. The molecule has 1 N–H and O–H groups in total. The Kier molecular flexibility index (Phi) is 4.02. The summed E-state index contributed by atoms with van der Waals surface area (Å²) in [6.45, 7) is 6.96. The lowest BCUT2D eigenvalue weighted by Crippen LogP contribution is -2.36. The maximum absolute atomic E-state index is 4.42. The van der Waals surface area contributed by atoms with E-state index in [-0.39, 0.29) is 0 Å². The Morgan fingerprint density at radius 3 is 3.05 bits per heavy atom. The lowest BCUT2D eigenvalue weighted by Gasteiger charge is -2.34. The zero-order valence-electron chi connectivity index (χ0n) is 12.5. The van der Waals surface area contributed by atoms with Gasteiger partial charge in [0.15, 0.2) is 0 Å². The average molecular weight is 268 g/mol. The van der Waals surface area contributed by atoms with Gasteiger partial charge >= 0.3 is 0 Å². The molecular weight excluding hydrogens is 244 g/mol. The van der Waals surface area contributed by atoms with Gasteiger partial charge in [-0.15, -0.1) is 0 Å². The summed E-state index contributed by atoms with van der Waals surface area (Å²) in [5.41, 5.74) is 2.60. The lowest BCUT2D eigenvalue weighted by molar-refractivity contribution is 0.280. The molecule has 0 amide bonds. The van der Waals surface area contributed by atoms with E-state index in [4.69, 9.17) is 0 Å². The topological polar surface area (TPSA) is 24.9 Å². The highest BCUT2D eigenvalue weighted by Crippen LogP contribution is 2.35. The first-order valence-corrected chi connectivity index (χ1v) is 7.79. The molecule has 1 fully saturated rings. The van der Waals surface area contributed by atoms with E-state index >= 15 is 0 Å². The van der Waals surface area contributed by atoms with Crippen molar-refractivity contribution in [1.82, 2.24) is 10.3 Å². The van der Waals surface area contributed by atoms with Crippen LogP contribution in [0.25, 0.3) is 10.9 Å². The van der Waals surface area contributed by atoms with Crippen molar-refractivity contribution >= 4 is 10.9 Å². The van der Waals surface area contributed by atoms with E-state index in [1.165, 1.54) is 23.8 Å². The van der Waals surface area contributed by atoms with E-state index in [1.807, 2.05) is 12.3 Å². The van der Waals surface area contributed by atoms with Crippen molar-refractivity contribution in [2.24, 2.45) is 11.8 Å². The van der Waals surface area contributed by atoms with Gasteiger partial charge in [0.05, 0.1) is 5.52 Å². The number of hydrogen-bond donors (Lipinski definition) is 1. The van der Waals surface area contributed by atoms with Crippen LogP contribution in [0.3, 0.4) is 0 Å². The first-order chi connectivity index (χ1) is 9.74. The third-order valence-corrected chi connectivity index (χ3v) is 4.44. The molecule has 2 heteroatoms. The summed E-state index contributed by atoms with van der Waals surface area (Å²) in [5.74, 6) is 2.23. The molecule has 2 atom stereocenters. The van der Waals surface area contributed by atoms with Crippen LogP contribution < -0.4 is 5.32 Å². The molecule has 0 saturated carbocycles. The van der Waals surface area contributed by atoms with Crippen LogP contribution in [-0.4, -0.2) is 18.1 Å². The monoisotopic (exact) mass is 268 g/mol. The van der Waals surface area contributed by atoms with Crippen LogP contribution >= 0.6 is 0 Å². The molecule has 1 aromatic heterocycles. The highest BCUT2D eigenvalue weighted by atomic mass is 14.9. The maximum atomic E-state index is 4.42. The van der Waals surface area contributed by atoms with Gasteiger partial charge in [0.1, 0.15) is 0 Å². The summed E-state index contributed by atoms with van der Waals surface area (Å²) in [6.07, 6.45) is 4.43. The number of benzene rings is 1. The van der Waals surface area contributed by atoms with E-state index in [2.05, 4.69) is 48.4 Å². The Labute approximate surface area is 121 Å². The highest BCUT2D eigenvalue weighted by molar-refractivity contribution is 5.79. The van der Waals surface area contributed by atoms with Crippen LogP contribution in [0.5, 0.6) is 0 Å². The number of fused-ring (bicyclic) bond motifs is 1. The number of nitrogens with one attached hydrogen (secondary N) is 1. The van der Waals surface area contributed by atoms with Gasteiger partial charge in [0.25, 0.3) is 0 Å². The molecular formula is C18H24N2. The zero-order valence-corrected chi connectivity index (χ0v) is 12.5. The molecule has 2 aromatic rings. The Balaban J connectivity index is 1.90. The van der Waals surface area contributed by atoms with Crippen molar-refractivity contribution in [1.29, 1.82) is 0 Å². The fraction of sp³-hybridized carbons (Fsp3) is 0.500. The van der Waals surface area contributed by atoms with Crippen LogP contribution in [-0.2, 0) is 0 Å². The molecule has 1 aliphatic heterocycles. The second-order valence-corrected chi connectivity index (χ2v) is 6.44. The zero-order chi connectivity index (χ0) is 13.9. The Morgan fingerprint density at radius 2 is 2.20 bits per heavy atom. The number of pyridine rings is 1. The van der Waals surface area contributed by atoms with Crippen LogP contribution in [0, 0.1) is 11.8 Å². The molecule has 2 heterocycles. The van der Waals surface area contributed by atoms with E-state index in [0.717, 1.165) is 30.4 Å². The molecule has 0 bridgehead atoms. The normalized spacial score (nSPS) is 23.4. The molecule has 1 aromatic carbocycles. The first kappa shape index (κ1) is 13.6. The molecule has 3 rings (SSSR count). The van der Waals surface area contributed by atoms with Gasteiger partial charge in [-0.25, -0.2) is 0 Å². The van der Waals surface area contributed by atoms with E-state index in [9.17, 15) is 0 Å². The third kappa shape index (κ3) is 2.85. The molecule has 0 aliphatic carbocycles. The Morgan fingerprint density at radius 1 is 1.30 bits per heavy atom. The van der Waals surface area contributed by atoms with Crippen molar-refractivity contribution in [3.8, 4) is 0 Å². The quantitative estimate of drug-likeness (QED) is 0.911. The Hall–Kier alpha value is -1.41. The van der Waals surface area contributed by atoms with Crippen molar-refractivity contribution in [2.75, 3.05) is 13.1 Å². The van der Waals surface area contributed by atoms with Gasteiger partial charge < -0.3 is 5.32 Å². The van der Waals surface area contributed by atoms with Crippen LogP contribution in [0.2, 0.25) is 0 Å². The summed E-state index contributed by atoms with van der Waals surface area (Å²) in [7, 11) is 0. The smallest absolute Gasteiger partial charge is 0.0702 e. The highest BCUT2D eigenvalue weighted by Gasteiger charge is 2.26. The van der Waals surface area contributed by atoms with Crippen LogP contribution in [0.1, 0.15) is 38.2 Å². The molecule has 1 saturated heterocycles. The van der Waals surface area contributed by atoms with Crippen molar-refractivity contribution in [3.63, 3.8) is 0 Å². The number of hydrogen-bond acceptors (Lipinski definition) is 2. The number of nitrogens with zero attached hydrogens (tertiary/aromatic N) is 1. The van der Waals surface area contributed by atoms with Crippen molar-refractivity contribution < 1.29 is 0 Å². The second-order valence-electron chi connectivity index (χ2n) is 6.44. The van der Waals surface area contributed by atoms with Gasteiger partial charge in [-0.3, -0.25) is 4.98 Å². The summed E-state index contributed by atoms with van der Waals surface area (Å²) in [5, 5.41) is 4.83. The number of piperidine rings is 1. The van der Waals surface area contributed by atoms with Gasteiger partial charge in [0, 0.05) is 11.6 Å². The van der Waals surface area contributed by atoms with E-state index < -0.39 is 0 Å². The molecule has 2 nitrogen and oxygen atoms in total. The minimum absolute atomic E-state index is 0.697. The summed E-state index contributed by atoms with van der Waals surface area (Å²) in [6, 6.07) is 11.0. The molecule has 0 radical (unpaired) electrons. The standard InChI is InChI=1S/C18H24N2/c1-13(2)10-16-12-19-9-7-17(16)14-5-6-18-15(11-14)4-3-8-20-18/h3-6,8,11,13,16-17,19H,7,9-10,12H2,1-2H3. The molecule has 20 heavy (non-hydrogen) atoms. The van der Waals surface area contributed by atoms with Gasteiger partial charge in [0.2, 0.25) is 0 Å². The van der Waals surface area contributed by atoms with Gasteiger partial charge in [-0.05, 0) is 67.4 Å². The fourth-order valence-corrected chi connectivity index (χ4v) is 3.54. The predicted octanol–water partition coefficient (Wildman–Crippen LogP) is 3.97. The first-order valence-electron chi connectivity index (χ1n) is 7.79. The fourth-order valence-electron chi connectivity index (χ4n) is 3.54. The lowest BCUT2D eigenvalue weighted by atomic mass is 9.77. The number of aromatic nitrogens is 1. The average Bonchev–Trinajstić information content (AvgIpc) is 2.47. The molecule has 106 valence electrons. The van der Waals surface area contributed by atoms with E-state index in [0.29, 0.717) is 5.92 Å². The van der Waals surface area contributed by atoms with Gasteiger partial charge in [-0.2, -0.15) is 0 Å². The summed E-state index contributed by atoms with van der Waals surface area (Å²) < 4.78 is 0. The third-order valence-electron chi connectivity index (χ3n) is 4.44. The van der Waals surface area contributed by atoms with Crippen molar-refractivity contribution in [3.05, 3.63) is 42.1 Å². The molecule has 2 unspecified atom stereocenters. The second kappa shape index (κ2) is 5.92. The van der Waals surface area contributed by atoms with E-state index in [1.54, 1.807) is 0 Å². The maximum Gasteiger partial charge on any atom is 0.0702 e.